The summed E-state index contributed by atoms with van der Waals surface area (Å²) in [6, 6.07) is 14.4. The molecule has 1 aliphatic rings. The normalized spacial score (nSPS) is 13.5. The van der Waals surface area contributed by atoms with Gasteiger partial charge in [0.25, 0.3) is 5.91 Å². The number of rotatable bonds is 7. The highest BCUT2D eigenvalue weighted by Crippen LogP contribution is 2.35. The monoisotopic (exact) mass is 436 g/mol. The lowest BCUT2D eigenvalue weighted by Gasteiger charge is -2.06. The summed E-state index contributed by atoms with van der Waals surface area (Å²) < 4.78 is 4.44. The van der Waals surface area contributed by atoms with Crippen molar-refractivity contribution < 1.29 is 4.79 Å². The van der Waals surface area contributed by atoms with Crippen LogP contribution in [0, 0.1) is 4.77 Å². The number of H-pyrrole nitrogens is 1. The number of hydrogen-bond donors (Lipinski definition) is 2. The molecule has 3 aromatic heterocycles. The molecular weight excluding hydrogens is 416 g/mol. The molecular formula is C21H20N6OS2. The minimum atomic E-state index is -0.172. The zero-order chi connectivity index (χ0) is 20.5. The van der Waals surface area contributed by atoms with Gasteiger partial charge in [0.15, 0.2) is 10.6 Å². The Labute approximate surface area is 182 Å². The van der Waals surface area contributed by atoms with Crippen molar-refractivity contribution in [2.75, 3.05) is 0 Å². The highest BCUT2D eigenvalue weighted by atomic mass is 32.1. The number of nitrogens with one attached hydrogen (secondary N) is 2. The molecule has 3 heterocycles. The molecule has 2 N–H and O–H groups in total. The second kappa shape index (κ2) is 8.00. The lowest BCUT2D eigenvalue weighted by Crippen LogP contribution is -2.25. The molecule has 4 aromatic rings. The predicted octanol–water partition coefficient (Wildman–Crippen LogP) is 4.18. The van der Waals surface area contributed by atoms with Gasteiger partial charge in [0.1, 0.15) is 5.69 Å². The third-order valence-electron chi connectivity index (χ3n) is 5.04. The number of aromatic amines is 1. The summed E-state index contributed by atoms with van der Waals surface area (Å²) in [7, 11) is 0. The third-order valence-corrected chi connectivity index (χ3v) is 6.21. The van der Waals surface area contributed by atoms with Crippen molar-refractivity contribution >= 4 is 29.5 Å². The second-order valence-corrected chi connectivity index (χ2v) is 8.62. The molecule has 0 spiro atoms. The fourth-order valence-corrected chi connectivity index (χ4v) is 4.48. The van der Waals surface area contributed by atoms with Crippen LogP contribution in [0.15, 0.2) is 54.0 Å². The molecule has 152 valence electrons. The molecule has 0 atom stereocenters. The largest absolute Gasteiger partial charge is 0.345 e. The lowest BCUT2D eigenvalue weighted by atomic mass is 10.2. The fourth-order valence-electron chi connectivity index (χ4n) is 3.46. The van der Waals surface area contributed by atoms with Crippen molar-refractivity contribution in [3.05, 3.63) is 75.8 Å². The number of aromatic nitrogens is 5. The first-order valence-corrected chi connectivity index (χ1v) is 11.1. The van der Waals surface area contributed by atoms with Crippen LogP contribution >= 0.6 is 23.6 Å². The number of carbonyl (C=O) groups excluding carboxylic acids is 1. The predicted molar refractivity (Wildman–Crippen MR) is 118 cm³/mol. The van der Waals surface area contributed by atoms with Gasteiger partial charge < -0.3 is 5.32 Å². The van der Waals surface area contributed by atoms with E-state index < -0.39 is 0 Å². The van der Waals surface area contributed by atoms with Crippen molar-refractivity contribution in [3.8, 4) is 10.6 Å². The second-order valence-electron chi connectivity index (χ2n) is 7.28. The Hall–Kier alpha value is -3.04. The van der Waals surface area contributed by atoms with Gasteiger partial charge in [-0.1, -0.05) is 36.4 Å². The highest BCUT2D eigenvalue weighted by molar-refractivity contribution is 7.71. The van der Waals surface area contributed by atoms with E-state index in [2.05, 4.69) is 15.5 Å². The van der Waals surface area contributed by atoms with Gasteiger partial charge in [-0.05, 0) is 42.1 Å². The first-order chi connectivity index (χ1) is 14.7. The van der Waals surface area contributed by atoms with E-state index in [1.807, 2.05) is 63.3 Å². The van der Waals surface area contributed by atoms with Gasteiger partial charge in [0.2, 0.25) is 0 Å². The number of hydrogen-bond acceptors (Lipinski definition) is 5. The van der Waals surface area contributed by atoms with Gasteiger partial charge in [-0.2, -0.15) is 10.2 Å². The zero-order valence-electron chi connectivity index (χ0n) is 16.1. The number of thiophene rings is 1. The molecule has 9 heteroatoms. The summed E-state index contributed by atoms with van der Waals surface area (Å²) >= 11 is 6.89. The average molecular weight is 437 g/mol. The molecule has 0 saturated heterocycles. The Morgan fingerprint density at radius 3 is 2.80 bits per heavy atom. The minimum Gasteiger partial charge on any atom is -0.345 e. The van der Waals surface area contributed by atoms with Crippen LogP contribution in [0.5, 0.6) is 0 Å². The van der Waals surface area contributed by atoms with Crippen LogP contribution in [0.3, 0.4) is 0 Å². The Morgan fingerprint density at radius 1 is 1.23 bits per heavy atom. The summed E-state index contributed by atoms with van der Waals surface area (Å²) in [4.78, 5) is 14.0. The molecule has 5 rings (SSSR count). The number of benzene rings is 1. The quantitative estimate of drug-likeness (QED) is 0.426. The van der Waals surface area contributed by atoms with Crippen molar-refractivity contribution in [2.45, 2.75) is 32.0 Å². The number of amides is 1. The van der Waals surface area contributed by atoms with E-state index in [-0.39, 0.29) is 5.91 Å². The van der Waals surface area contributed by atoms with E-state index >= 15 is 0 Å². The van der Waals surface area contributed by atoms with E-state index in [4.69, 9.17) is 17.3 Å². The van der Waals surface area contributed by atoms with Crippen LogP contribution in [-0.4, -0.2) is 30.5 Å². The third kappa shape index (κ3) is 3.86. The first kappa shape index (κ1) is 19.0. The van der Waals surface area contributed by atoms with Gasteiger partial charge in [0, 0.05) is 12.2 Å². The lowest BCUT2D eigenvalue weighted by molar-refractivity contribution is 0.0950. The number of nitrogens with zero attached hydrogens (tertiary/aromatic N) is 4. The van der Waals surface area contributed by atoms with E-state index in [9.17, 15) is 4.79 Å². The molecule has 1 aliphatic carbocycles. The van der Waals surface area contributed by atoms with Crippen LogP contribution < -0.4 is 5.32 Å². The van der Waals surface area contributed by atoms with Gasteiger partial charge in [-0.3, -0.25) is 19.1 Å². The molecule has 1 amide bonds. The van der Waals surface area contributed by atoms with Crippen LogP contribution in [0.4, 0.5) is 0 Å². The Balaban J connectivity index is 1.39. The van der Waals surface area contributed by atoms with Gasteiger partial charge >= 0.3 is 0 Å². The van der Waals surface area contributed by atoms with Crippen LogP contribution in [0.1, 0.15) is 40.6 Å². The van der Waals surface area contributed by atoms with E-state index in [0.29, 0.717) is 35.2 Å². The summed E-state index contributed by atoms with van der Waals surface area (Å²) in [5.41, 5.74) is 2.38. The van der Waals surface area contributed by atoms with E-state index in [1.54, 1.807) is 11.3 Å². The maximum atomic E-state index is 13.1. The van der Waals surface area contributed by atoms with E-state index in [1.165, 1.54) is 0 Å². The van der Waals surface area contributed by atoms with Gasteiger partial charge in [0.05, 0.1) is 23.5 Å². The summed E-state index contributed by atoms with van der Waals surface area (Å²) in [6.45, 7) is 0.920. The number of carbonyl (C=O) groups is 1. The molecule has 30 heavy (non-hydrogen) atoms. The highest BCUT2D eigenvalue weighted by Gasteiger charge is 2.27. The Morgan fingerprint density at radius 2 is 2.07 bits per heavy atom. The van der Waals surface area contributed by atoms with Gasteiger partial charge in [-0.15, -0.1) is 11.3 Å². The Kier molecular flexibility index (Phi) is 5.06. The molecule has 0 unspecified atom stereocenters. The smallest absolute Gasteiger partial charge is 0.255 e. The van der Waals surface area contributed by atoms with Gasteiger partial charge in [-0.25, -0.2) is 0 Å². The molecule has 1 fully saturated rings. The molecule has 0 aliphatic heterocycles. The Bertz CT molecular complexity index is 1220. The molecule has 0 radical (unpaired) electrons. The van der Waals surface area contributed by atoms with Crippen molar-refractivity contribution in [1.82, 2.24) is 29.9 Å². The van der Waals surface area contributed by atoms with E-state index in [0.717, 1.165) is 29.1 Å². The standard InChI is InChI=1S/C21H20N6OS2/c28-20(22-11-18-23-24-21(29)27(18)15-8-9-15)16-13-26(12-14-5-2-1-3-6-14)25-19(16)17-7-4-10-30-17/h1-7,10,13,15H,8-9,11-12H2,(H,22,28)(H,24,29). The van der Waals surface area contributed by atoms with Crippen molar-refractivity contribution in [2.24, 2.45) is 0 Å². The maximum absolute atomic E-state index is 13.1. The minimum absolute atomic E-state index is 0.172. The average Bonchev–Trinajstić information content (AvgIpc) is 3.15. The fraction of sp³-hybridized carbons (Fsp3) is 0.238. The zero-order valence-corrected chi connectivity index (χ0v) is 17.7. The van der Waals surface area contributed by atoms with Crippen LogP contribution in [-0.2, 0) is 13.1 Å². The maximum Gasteiger partial charge on any atom is 0.255 e. The van der Waals surface area contributed by atoms with Crippen LogP contribution in [0.2, 0.25) is 0 Å². The summed E-state index contributed by atoms with van der Waals surface area (Å²) in [5.74, 6) is 0.583. The molecule has 0 bridgehead atoms. The van der Waals surface area contributed by atoms with Crippen LogP contribution in [0.25, 0.3) is 10.6 Å². The summed E-state index contributed by atoms with van der Waals surface area (Å²) in [5, 5.41) is 16.8. The summed E-state index contributed by atoms with van der Waals surface area (Å²) in [6.07, 6.45) is 4.02. The molecule has 1 aromatic carbocycles. The SMILES string of the molecule is O=C(NCc1n[nH]c(=S)n1C1CC1)c1cn(Cc2ccccc2)nc1-c1cccs1. The molecule has 7 nitrogen and oxygen atoms in total. The van der Waals surface area contributed by atoms with Crippen molar-refractivity contribution in [1.29, 1.82) is 0 Å². The topological polar surface area (TPSA) is 80.5 Å². The first-order valence-electron chi connectivity index (χ1n) is 9.78. The molecule has 1 saturated carbocycles. The van der Waals surface area contributed by atoms with Crippen molar-refractivity contribution in [3.63, 3.8) is 0 Å².